The van der Waals surface area contributed by atoms with Crippen molar-refractivity contribution in [2.75, 3.05) is 6.61 Å². The molecule has 1 N–H and O–H groups in total. The smallest absolute Gasteiger partial charge is 0.303 e. The summed E-state index contributed by atoms with van der Waals surface area (Å²) in [5.74, 6) is 1.19. The van der Waals surface area contributed by atoms with Crippen LogP contribution in [0, 0.1) is 0 Å². The SMILES string of the molecule is O=C(O)CCCOc1ccc(Oc2ccc(Br)cc2Br)c(Br)c1. The van der Waals surface area contributed by atoms with Gasteiger partial charge in [-0.05, 0) is 74.7 Å². The molecule has 0 bridgehead atoms. The van der Waals surface area contributed by atoms with Gasteiger partial charge < -0.3 is 14.6 Å². The molecule has 0 atom stereocenters. The zero-order chi connectivity index (χ0) is 16.8. The van der Waals surface area contributed by atoms with Crippen LogP contribution in [0.1, 0.15) is 12.8 Å². The summed E-state index contributed by atoms with van der Waals surface area (Å²) >= 11 is 10.3. The Balaban J connectivity index is 2.00. The molecule has 0 saturated carbocycles. The van der Waals surface area contributed by atoms with Crippen molar-refractivity contribution in [3.8, 4) is 17.2 Å². The predicted octanol–water partition coefficient (Wildman–Crippen LogP) is 6.01. The Bertz CT molecular complexity index is 704. The van der Waals surface area contributed by atoms with Crippen LogP contribution in [-0.4, -0.2) is 17.7 Å². The second-order valence-electron chi connectivity index (χ2n) is 4.61. The molecule has 4 nitrogen and oxygen atoms in total. The Morgan fingerprint density at radius 3 is 2.26 bits per heavy atom. The monoisotopic (exact) mass is 506 g/mol. The van der Waals surface area contributed by atoms with Crippen molar-refractivity contribution in [2.45, 2.75) is 12.8 Å². The van der Waals surface area contributed by atoms with Gasteiger partial charge >= 0.3 is 5.97 Å². The van der Waals surface area contributed by atoms with E-state index >= 15 is 0 Å². The molecule has 0 radical (unpaired) electrons. The van der Waals surface area contributed by atoms with Crippen LogP contribution in [0.25, 0.3) is 0 Å². The van der Waals surface area contributed by atoms with Crippen molar-refractivity contribution in [3.63, 3.8) is 0 Å². The van der Waals surface area contributed by atoms with E-state index in [-0.39, 0.29) is 6.42 Å². The lowest BCUT2D eigenvalue weighted by molar-refractivity contribution is -0.137. The molecule has 0 fully saturated rings. The molecule has 0 aromatic heterocycles. The lowest BCUT2D eigenvalue weighted by atomic mass is 10.3. The first kappa shape index (κ1) is 18.3. The van der Waals surface area contributed by atoms with Crippen LogP contribution in [0.15, 0.2) is 49.8 Å². The first-order valence-corrected chi connectivity index (χ1v) is 9.10. The third kappa shape index (κ3) is 5.82. The molecule has 23 heavy (non-hydrogen) atoms. The average molecular weight is 509 g/mol. The van der Waals surface area contributed by atoms with E-state index in [1.165, 1.54) is 0 Å². The van der Waals surface area contributed by atoms with Gasteiger partial charge in [-0.15, -0.1) is 0 Å². The van der Waals surface area contributed by atoms with E-state index in [2.05, 4.69) is 47.8 Å². The Hall–Kier alpha value is -1.05. The van der Waals surface area contributed by atoms with Crippen LogP contribution in [0.4, 0.5) is 0 Å². The van der Waals surface area contributed by atoms with Gasteiger partial charge in [0.25, 0.3) is 0 Å². The highest BCUT2D eigenvalue weighted by molar-refractivity contribution is 9.11. The maximum Gasteiger partial charge on any atom is 0.303 e. The van der Waals surface area contributed by atoms with Gasteiger partial charge in [-0.2, -0.15) is 0 Å². The summed E-state index contributed by atoms with van der Waals surface area (Å²) in [6.07, 6.45) is 0.566. The van der Waals surface area contributed by atoms with Crippen LogP contribution in [0.5, 0.6) is 17.2 Å². The van der Waals surface area contributed by atoms with Crippen LogP contribution in [-0.2, 0) is 4.79 Å². The molecule has 2 rings (SSSR count). The van der Waals surface area contributed by atoms with Gasteiger partial charge in [0.05, 0.1) is 15.6 Å². The van der Waals surface area contributed by atoms with Crippen molar-refractivity contribution in [1.29, 1.82) is 0 Å². The summed E-state index contributed by atoms with van der Waals surface area (Å²) < 4.78 is 13.9. The fraction of sp³-hybridized carbons (Fsp3) is 0.188. The molecule has 0 amide bonds. The highest BCUT2D eigenvalue weighted by atomic mass is 79.9. The second kappa shape index (κ2) is 8.70. The molecular weight excluding hydrogens is 496 g/mol. The number of carboxylic acids is 1. The average Bonchev–Trinajstić information content (AvgIpc) is 2.48. The highest BCUT2D eigenvalue weighted by Gasteiger charge is 2.08. The summed E-state index contributed by atoms with van der Waals surface area (Å²) in [6, 6.07) is 11.0. The summed E-state index contributed by atoms with van der Waals surface area (Å²) in [4.78, 5) is 10.4. The van der Waals surface area contributed by atoms with Gasteiger partial charge in [-0.3, -0.25) is 4.79 Å². The molecule has 2 aromatic rings. The normalized spacial score (nSPS) is 10.4. The van der Waals surface area contributed by atoms with Gasteiger partial charge in [-0.25, -0.2) is 0 Å². The third-order valence-corrected chi connectivity index (χ3v) is 4.55. The first-order valence-electron chi connectivity index (χ1n) is 6.73. The van der Waals surface area contributed by atoms with Crippen molar-refractivity contribution < 1.29 is 19.4 Å². The van der Waals surface area contributed by atoms with Crippen molar-refractivity contribution in [3.05, 3.63) is 49.8 Å². The number of halogens is 3. The molecule has 2 aromatic carbocycles. The Morgan fingerprint density at radius 1 is 1.00 bits per heavy atom. The minimum Gasteiger partial charge on any atom is -0.494 e. The minimum absolute atomic E-state index is 0.0972. The lowest BCUT2D eigenvalue weighted by Gasteiger charge is -2.11. The molecule has 0 aliphatic carbocycles. The van der Waals surface area contributed by atoms with E-state index in [1.54, 1.807) is 18.2 Å². The quantitative estimate of drug-likeness (QED) is 0.465. The summed E-state index contributed by atoms with van der Waals surface area (Å²) in [5, 5.41) is 8.58. The lowest BCUT2D eigenvalue weighted by Crippen LogP contribution is -2.02. The number of hydrogen-bond acceptors (Lipinski definition) is 3. The first-order chi connectivity index (χ1) is 11.0. The van der Waals surface area contributed by atoms with Crippen molar-refractivity contribution >= 4 is 53.8 Å². The van der Waals surface area contributed by atoms with Gasteiger partial charge in [0, 0.05) is 10.9 Å². The zero-order valence-electron chi connectivity index (χ0n) is 11.9. The number of ether oxygens (including phenoxy) is 2. The van der Waals surface area contributed by atoms with Gasteiger partial charge in [0.2, 0.25) is 0 Å². The Morgan fingerprint density at radius 2 is 1.65 bits per heavy atom. The standard InChI is InChI=1S/C16H13Br3O4/c17-10-3-5-14(12(18)8-10)23-15-6-4-11(9-13(15)19)22-7-1-2-16(20)21/h3-6,8-9H,1-2,7H2,(H,20,21). The van der Waals surface area contributed by atoms with E-state index in [1.807, 2.05) is 18.2 Å². The molecule has 0 aliphatic heterocycles. The van der Waals surface area contributed by atoms with Crippen LogP contribution in [0.3, 0.4) is 0 Å². The minimum atomic E-state index is -0.821. The van der Waals surface area contributed by atoms with E-state index in [0.29, 0.717) is 30.3 Å². The van der Waals surface area contributed by atoms with Crippen LogP contribution >= 0.6 is 47.8 Å². The number of aliphatic carboxylic acids is 1. The molecule has 0 saturated heterocycles. The van der Waals surface area contributed by atoms with Gasteiger partial charge in [-0.1, -0.05) is 15.9 Å². The molecule has 0 unspecified atom stereocenters. The summed E-state index contributed by atoms with van der Waals surface area (Å²) in [7, 11) is 0. The maximum atomic E-state index is 10.4. The van der Waals surface area contributed by atoms with E-state index < -0.39 is 5.97 Å². The fourth-order valence-corrected chi connectivity index (χ4v) is 3.31. The summed E-state index contributed by atoms with van der Waals surface area (Å²) in [6.45, 7) is 0.358. The van der Waals surface area contributed by atoms with Crippen molar-refractivity contribution in [1.82, 2.24) is 0 Å². The third-order valence-electron chi connectivity index (χ3n) is 2.82. The van der Waals surface area contributed by atoms with E-state index in [0.717, 1.165) is 13.4 Å². The number of carboxylic acid groups (broad SMARTS) is 1. The Labute approximate surface area is 159 Å². The predicted molar refractivity (Wildman–Crippen MR) is 98.4 cm³/mol. The number of hydrogen-bond donors (Lipinski definition) is 1. The molecule has 122 valence electrons. The molecule has 0 spiro atoms. The molecule has 0 aliphatic rings. The fourth-order valence-electron chi connectivity index (χ4n) is 1.74. The largest absolute Gasteiger partial charge is 0.494 e. The second-order valence-corrected chi connectivity index (χ2v) is 7.24. The van der Waals surface area contributed by atoms with Crippen LogP contribution in [0.2, 0.25) is 0 Å². The number of rotatable bonds is 7. The van der Waals surface area contributed by atoms with E-state index in [4.69, 9.17) is 14.6 Å². The number of benzene rings is 2. The molecular formula is C16H13Br3O4. The molecule has 7 heteroatoms. The van der Waals surface area contributed by atoms with Gasteiger partial charge in [0.15, 0.2) is 0 Å². The maximum absolute atomic E-state index is 10.4. The topological polar surface area (TPSA) is 55.8 Å². The van der Waals surface area contributed by atoms with Crippen LogP contribution < -0.4 is 9.47 Å². The Kier molecular flexibility index (Phi) is 6.92. The zero-order valence-corrected chi connectivity index (χ0v) is 16.6. The summed E-state index contributed by atoms with van der Waals surface area (Å²) in [5.41, 5.74) is 0. The highest BCUT2D eigenvalue weighted by Crippen LogP contribution is 2.36. The molecule has 0 heterocycles. The van der Waals surface area contributed by atoms with Gasteiger partial charge in [0.1, 0.15) is 17.2 Å². The van der Waals surface area contributed by atoms with E-state index in [9.17, 15) is 4.79 Å². The van der Waals surface area contributed by atoms with Crippen molar-refractivity contribution in [2.24, 2.45) is 0 Å². The number of carbonyl (C=O) groups is 1.